The first-order valence-corrected chi connectivity index (χ1v) is 9.43. The summed E-state index contributed by atoms with van der Waals surface area (Å²) in [4.78, 5) is 26.5. The Balaban J connectivity index is 1.28. The molecule has 0 bridgehead atoms. The summed E-state index contributed by atoms with van der Waals surface area (Å²) >= 11 is 0. The number of hydrogen-bond donors (Lipinski definition) is 2. The van der Waals surface area contributed by atoms with E-state index < -0.39 is 0 Å². The van der Waals surface area contributed by atoms with Crippen molar-refractivity contribution in [3.8, 4) is 0 Å². The average molecular weight is 381 g/mol. The van der Waals surface area contributed by atoms with Crippen LogP contribution in [0.2, 0.25) is 0 Å². The van der Waals surface area contributed by atoms with Crippen molar-refractivity contribution in [3.63, 3.8) is 0 Å². The van der Waals surface area contributed by atoms with Gasteiger partial charge >= 0.3 is 0 Å². The third kappa shape index (κ3) is 4.16. The number of nitrogens with zero attached hydrogens (tertiary/aromatic N) is 3. The summed E-state index contributed by atoms with van der Waals surface area (Å²) in [6.45, 7) is 2.13. The summed E-state index contributed by atoms with van der Waals surface area (Å²) in [7, 11) is 0. The molecule has 4 heterocycles. The zero-order chi connectivity index (χ0) is 19.3. The van der Waals surface area contributed by atoms with Crippen molar-refractivity contribution in [2.24, 2.45) is 0 Å². The van der Waals surface area contributed by atoms with Gasteiger partial charge < -0.3 is 19.2 Å². The van der Waals surface area contributed by atoms with E-state index in [4.69, 9.17) is 4.42 Å². The molecule has 0 aliphatic carbocycles. The van der Waals surface area contributed by atoms with Gasteiger partial charge in [0.2, 0.25) is 5.91 Å². The average Bonchev–Trinajstić information content (AvgIpc) is 3.48. The van der Waals surface area contributed by atoms with Gasteiger partial charge in [0, 0.05) is 37.1 Å². The van der Waals surface area contributed by atoms with Crippen LogP contribution in [0.1, 0.15) is 40.7 Å². The molecule has 8 heteroatoms. The van der Waals surface area contributed by atoms with Gasteiger partial charge in [-0.2, -0.15) is 5.10 Å². The van der Waals surface area contributed by atoms with Crippen molar-refractivity contribution >= 4 is 11.8 Å². The summed E-state index contributed by atoms with van der Waals surface area (Å²) < 4.78 is 7.09. The molecule has 3 aromatic rings. The third-order valence-electron chi connectivity index (χ3n) is 5.11. The van der Waals surface area contributed by atoms with Gasteiger partial charge in [-0.1, -0.05) is 0 Å². The number of likely N-dealkylation sites (tertiary alicyclic amines) is 1. The molecule has 8 nitrogen and oxygen atoms in total. The fraction of sp³-hybridized carbons (Fsp3) is 0.350. The second-order valence-electron chi connectivity index (χ2n) is 6.98. The van der Waals surface area contributed by atoms with Crippen LogP contribution < -0.4 is 5.32 Å². The number of piperidine rings is 1. The second kappa shape index (κ2) is 8.16. The molecule has 2 N–H and O–H groups in total. The van der Waals surface area contributed by atoms with E-state index in [9.17, 15) is 9.59 Å². The largest absolute Gasteiger partial charge is 0.467 e. The highest BCUT2D eigenvalue weighted by atomic mass is 16.3. The Kier molecular flexibility index (Phi) is 5.27. The molecule has 1 aliphatic rings. The number of rotatable bonds is 6. The lowest BCUT2D eigenvalue weighted by Gasteiger charge is -2.31. The van der Waals surface area contributed by atoms with Crippen molar-refractivity contribution < 1.29 is 14.0 Å². The van der Waals surface area contributed by atoms with E-state index in [2.05, 4.69) is 15.5 Å². The third-order valence-corrected chi connectivity index (χ3v) is 5.11. The maximum absolute atomic E-state index is 12.4. The molecule has 1 saturated heterocycles. The van der Waals surface area contributed by atoms with Crippen LogP contribution in [0.25, 0.3) is 0 Å². The highest BCUT2D eigenvalue weighted by molar-refractivity contribution is 5.92. The molecule has 0 aromatic carbocycles. The van der Waals surface area contributed by atoms with Crippen molar-refractivity contribution in [3.05, 3.63) is 66.1 Å². The van der Waals surface area contributed by atoms with Gasteiger partial charge in [0.1, 0.15) is 18.0 Å². The number of aromatic amines is 1. The first kappa shape index (κ1) is 18.1. The van der Waals surface area contributed by atoms with Gasteiger partial charge in [-0.25, -0.2) is 0 Å². The number of nitrogens with one attached hydrogen (secondary N) is 2. The molecule has 1 aliphatic heterocycles. The van der Waals surface area contributed by atoms with E-state index in [1.54, 1.807) is 18.4 Å². The molecule has 146 valence electrons. The minimum Gasteiger partial charge on any atom is -0.467 e. The molecular formula is C20H23N5O3. The Hall–Kier alpha value is -3.29. The molecule has 2 amide bonds. The predicted octanol–water partition coefficient (Wildman–Crippen LogP) is 2.14. The number of H-pyrrole nitrogens is 1. The van der Waals surface area contributed by atoms with Crippen molar-refractivity contribution in [2.75, 3.05) is 13.1 Å². The van der Waals surface area contributed by atoms with E-state index in [-0.39, 0.29) is 17.7 Å². The molecule has 0 saturated carbocycles. The number of hydrogen-bond acceptors (Lipinski definition) is 4. The summed E-state index contributed by atoms with van der Waals surface area (Å²) in [6.07, 6.45) is 7.07. The number of amides is 2. The van der Waals surface area contributed by atoms with E-state index in [0.717, 1.165) is 18.5 Å². The fourth-order valence-electron chi connectivity index (χ4n) is 3.50. The van der Waals surface area contributed by atoms with Crippen LogP contribution in [-0.4, -0.2) is 44.6 Å². The number of carbonyl (C=O) groups excluding carboxylic acids is 2. The van der Waals surface area contributed by atoms with E-state index >= 15 is 0 Å². The minimum absolute atomic E-state index is 0.136. The molecule has 0 atom stereocenters. The number of furan rings is 1. The SMILES string of the molecule is O=C(NCc1ccco1)c1cc(C2CCN(C(=O)Cn3cccc3)CC2)[nH]n1. The van der Waals surface area contributed by atoms with Crippen LogP contribution in [-0.2, 0) is 17.9 Å². The predicted molar refractivity (Wildman–Crippen MR) is 101 cm³/mol. The van der Waals surface area contributed by atoms with Crippen LogP contribution in [0, 0.1) is 0 Å². The highest BCUT2D eigenvalue weighted by Crippen LogP contribution is 2.27. The zero-order valence-corrected chi connectivity index (χ0v) is 15.5. The normalized spacial score (nSPS) is 14.9. The summed E-state index contributed by atoms with van der Waals surface area (Å²) in [5.74, 6) is 0.867. The fourth-order valence-corrected chi connectivity index (χ4v) is 3.50. The Morgan fingerprint density at radius 1 is 1.21 bits per heavy atom. The van der Waals surface area contributed by atoms with Gasteiger partial charge in [0.25, 0.3) is 5.91 Å². The van der Waals surface area contributed by atoms with Crippen LogP contribution in [0.15, 0.2) is 53.4 Å². The van der Waals surface area contributed by atoms with Crippen molar-refractivity contribution in [1.82, 2.24) is 25.0 Å². The summed E-state index contributed by atoms with van der Waals surface area (Å²) in [5, 5.41) is 9.92. The summed E-state index contributed by atoms with van der Waals surface area (Å²) in [5.41, 5.74) is 1.31. The van der Waals surface area contributed by atoms with E-state index in [0.29, 0.717) is 37.6 Å². The van der Waals surface area contributed by atoms with Crippen molar-refractivity contribution in [1.29, 1.82) is 0 Å². The topological polar surface area (TPSA) is 96.2 Å². The van der Waals surface area contributed by atoms with Crippen molar-refractivity contribution in [2.45, 2.75) is 31.8 Å². The lowest BCUT2D eigenvalue weighted by atomic mass is 9.93. The molecular weight excluding hydrogens is 358 g/mol. The van der Waals surface area contributed by atoms with Crippen LogP contribution >= 0.6 is 0 Å². The minimum atomic E-state index is -0.238. The van der Waals surface area contributed by atoms with Gasteiger partial charge in [0.05, 0.1) is 12.8 Å². The van der Waals surface area contributed by atoms with Gasteiger partial charge in [-0.05, 0) is 43.2 Å². The maximum Gasteiger partial charge on any atom is 0.272 e. The Morgan fingerprint density at radius 3 is 2.71 bits per heavy atom. The quantitative estimate of drug-likeness (QED) is 0.684. The highest BCUT2D eigenvalue weighted by Gasteiger charge is 2.25. The van der Waals surface area contributed by atoms with Crippen LogP contribution in [0.3, 0.4) is 0 Å². The monoisotopic (exact) mass is 381 g/mol. The Morgan fingerprint density at radius 2 is 2.00 bits per heavy atom. The first-order valence-electron chi connectivity index (χ1n) is 9.43. The van der Waals surface area contributed by atoms with Gasteiger partial charge in [-0.15, -0.1) is 0 Å². The summed E-state index contributed by atoms with van der Waals surface area (Å²) in [6, 6.07) is 9.23. The Labute approximate surface area is 162 Å². The lowest BCUT2D eigenvalue weighted by Crippen LogP contribution is -2.39. The zero-order valence-electron chi connectivity index (χ0n) is 15.5. The van der Waals surface area contributed by atoms with E-state index in [1.165, 1.54) is 0 Å². The second-order valence-corrected chi connectivity index (χ2v) is 6.98. The molecule has 3 aromatic heterocycles. The Bertz CT molecular complexity index is 906. The van der Waals surface area contributed by atoms with Gasteiger partial charge in [-0.3, -0.25) is 14.7 Å². The molecule has 28 heavy (non-hydrogen) atoms. The molecule has 0 unspecified atom stereocenters. The van der Waals surface area contributed by atoms with Crippen LogP contribution in [0.5, 0.6) is 0 Å². The first-order chi connectivity index (χ1) is 13.7. The number of aromatic nitrogens is 3. The van der Waals surface area contributed by atoms with Gasteiger partial charge in [0.15, 0.2) is 0 Å². The lowest BCUT2D eigenvalue weighted by molar-refractivity contribution is -0.132. The number of carbonyl (C=O) groups is 2. The molecule has 1 fully saturated rings. The molecule has 4 rings (SSSR count). The molecule has 0 radical (unpaired) electrons. The smallest absolute Gasteiger partial charge is 0.272 e. The van der Waals surface area contributed by atoms with E-state index in [1.807, 2.05) is 40.1 Å². The van der Waals surface area contributed by atoms with Crippen LogP contribution in [0.4, 0.5) is 0 Å². The maximum atomic E-state index is 12.4. The standard InChI is InChI=1S/C20H23N5O3/c26-19(14-24-7-1-2-8-24)25-9-5-15(6-10-25)17-12-18(23-22-17)20(27)21-13-16-4-3-11-28-16/h1-4,7-8,11-12,15H,5-6,9-10,13-14H2,(H,21,27)(H,22,23). The molecule has 0 spiro atoms.